The van der Waals surface area contributed by atoms with Gasteiger partial charge in [0.05, 0.1) is 26.3 Å². The normalized spacial score (nSPS) is 10.8. The molecule has 0 atom stereocenters. The van der Waals surface area contributed by atoms with Crippen LogP contribution in [0.15, 0.2) is 23.3 Å². The highest BCUT2D eigenvalue weighted by Crippen LogP contribution is 2.28. The summed E-state index contributed by atoms with van der Waals surface area (Å²) in [7, 11) is 3.05. The number of benzene rings is 1. The van der Waals surface area contributed by atoms with Crippen LogP contribution >= 0.6 is 0 Å². The minimum Gasteiger partial charge on any atom is -0.497 e. The number of hydrazone groups is 1. The number of carbonyl (C=O) groups excluding carboxylic acids is 2. The average molecular weight is 293 g/mol. The largest absolute Gasteiger partial charge is 0.497 e. The summed E-state index contributed by atoms with van der Waals surface area (Å²) in [5.74, 6) is 0.577. The van der Waals surface area contributed by atoms with Crippen molar-refractivity contribution >= 4 is 23.2 Å². The quantitative estimate of drug-likeness (QED) is 0.615. The van der Waals surface area contributed by atoms with Crippen molar-refractivity contribution in [3.05, 3.63) is 18.2 Å². The van der Waals surface area contributed by atoms with Crippen molar-refractivity contribution in [1.29, 1.82) is 0 Å². The SMILES string of the molecule is COc1ccc(OC)c(NC(=O)C/C(C)=N/NC(C)=O)c1. The van der Waals surface area contributed by atoms with E-state index in [1.54, 1.807) is 25.1 Å². The zero-order valence-corrected chi connectivity index (χ0v) is 12.5. The van der Waals surface area contributed by atoms with Gasteiger partial charge in [-0.05, 0) is 19.1 Å². The van der Waals surface area contributed by atoms with E-state index in [2.05, 4.69) is 15.8 Å². The third-order valence-corrected chi connectivity index (χ3v) is 2.50. The maximum absolute atomic E-state index is 11.9. The van der Waals surface area contributed by atoms with E-state index in [0.717, 1.165) is 0 Å². The minimum absolute atomic E-state index is 0.0562. The zero-order chi connectivity index (χ0) is 15.8. The van der Waals surface area contributed by atoms with Gasteiger partial charge in [-0.3, -0.25) is 9.59 Å². The Kier molecular flexibility index (Phi) is 6.19. The van der Waals surface area contributed by atoms with Crippen LogP contribution in [0.5, 0.6) is 11.5 Å². The average Bonchev–Trinajstić information content (AvgIpc) is 2.44. The van der Waals surface area contributed by atoms with Gasteiger partial charge in [-0.2, -0.15) is 5.10 Å². The fraction of sp³-hybridized carbons (Fsp3) is 0.357. The number of carbonyl (C=O) groups is 2. The number of hydrogen-bond acceptors (Lipinski definition) is 5. The molecule has 1 rings (SSSR count). The van der Waals surface area contributed by atoms with E-state index in [4.69, 9.17) is 9.47 Å². The molecule has 114 valence electrons. The van der Waals surface area contributed by atoms with Gasteiger partial charge in [0.25, 0.3) is 0 Å². The van der Waals surface area contributed by atoms with Crippen molar-refractivity contribution < 1.29 is 19.1 Å². The topological polar surface area (TPSA) is 89.0 Å². The Bertz CT molecular complexity index is 555. The first-order valence-electron chi connectivity index (χ1n) is 6.28. The van der Waals surface area contributed by atoms with Crippen LogP contribution in [-0.2, 0) is 9.59 Å². The predicted octanol–water partition coefficient (Wildman–Crippen LogP) is 1.54. The lowest BCUT2D eigenvalue weighted by Crippen LogP contribution is -2.19. The Morgan fingerprint density at radius 1 is 1.19 bits per heavy atom. The Morgan fingerprint density at radius 2 is 1.90 bits per heavy atom. The first-order valence-corrected chi connectivity index (χ1v) is 6.28. The van der Waals surface area contributed by atoms with E-state index in [9.17, 15) is 9.59 Å². The molecule has 0 heterocycles. The summed E-state index contributed by atoms with van der Waals surface area (Å²) in [6.45, 7) is 3.00. The second kappa shape index (κ2) is 7.88. The Morgan fingerprint density at radius 3 is 2.48 bits per heavy atom. The van der Waals surface area contributed by atoms with E-state index in [0.29, 0.717) is 22.9 Å². The summed E-state index contributed by atoms with van der Waals surface area (Å²) in [5, 5.41) is 6.50. The summed E-state index contributed by atoms with van der Waals surface area (Å²) in [6.07, 6.45) is 0.0562. The monoisotopic (exact) mass is 293 g/mol. The Labute approximate surface area is 123 Å². The van der Waals surface area contributed by atoms with E-state index in [1.807, 2.05) is 0 Å². The summed E-state index contributed by atoms with van der Waals surface area (Å²) in [5.41, 5.74) is 3.28. The molecule has 0 spiro atoms. The highest BCUT2D eigenvalue weighted by atomic mass is 16.5. The molecule has 1 aromatic rings. The first kappa shape index (κ1) is 16.5. The van der Waals surface area contributed by atoms with Gasteiger partial charge in [0.2, 0.25) is 11.8 Å². The maximum Gasteiger partial charge on any atom is 0.236 e. The van der Waals surface area contributed by atoms with Gasteiger partial charge in [0.15, 0.2) is 0 Å². The lowest BCUT2D eigenvalue weighted by molar-refractivity contribution is -0.119. The van der Waals surface area contributed by atoms with E-state index in [-0.39, 0.29) is 18.2 Å². The number of nitrogens with zero attached hydrogens (tertiary/aromatic N) is 1. The molecule has 0 radical (unpaired) electrons. The number of ether oxygens (including phenoxy) is 2. The molecule has 7 nitrogen and oxygen atoms in total. The van der Waals surface area contributed by atoms with Crippen LogP contribution < -0.4 is 20.2 Å². The Hall–Kier alpha value is -2.57. The molecular weight excluding hydrogens is 274 g/mol. The van der Waals surface area contributed by atoms with Gasteiger partial charge in [-0.1, -0.05) is 0 Å². The molecule has 2 N–H and O–H groups in total. The van der Waals surface area contributed by atoms with E-state index >= 15 is 0 Å². The van der Waals surface area contributed by atoms with Crippen LogP contribution in [0.2, 0.25) is 0 Å². The van der Waals surface area contributed by atoms with Crippen molar-refractivity contribution in [2.45, 2.75) is 20.3 Å². The fourth-order valence-corrected chi connectivity index (χ4v) is 1.55. The highest BCUT2D eigenvalue weighted by molar-refractivity contribution is 6.06. The van der Waals surface area contributed by atoms with E-state index < -0.39 is 0 Å². The fourth-order valence-electron chi connectivity index (χ4n) is 1.55. The van der Waals surface area contributed by atoms with Gasteiger partial charge in [-0.25, -0.2) is 5.43 Å². The summed E-state index contributed by atoms with van der Waals surface area (Å²) >= 11 is 0. The van der Waals surface area contributed by atoms with Crippen LogP contribution in [0, 0.1) is 0 Å². The number of nitrogens with one attached hydrogen (secondary N) is 2. The van der Waals surface area contributed by atoms with Crippen LogP contribution in [-0.4, -0.2) is 31.7 Å². The smallest absolute Gasteiger partial charge is 0.236 e. The maximum atomic E-state index is 11.9. The van der Waals surface area contributed by atoms with Gasteiger partial charge in [0, 0.05) is 18.7 Å². The lowest BCUT2D eigenvalue weighted by Gasteiger charge is -2.11. The molecule has 0 aliphatic carbocycles. The molecule has 1 aromatic carbocycles. The molecule has 0 unspecified atom stereocenters. The van der Waals surface area contributed by atoms with Crippen LogP contribution in [0.4, 0.5) is 5.69 Å². The molecular formula is C14H19N3O4. The summed E-state index contributed by atoms with van der Waals surface area (Å²) in [4.78, 5) is 22.7. The number of rotatable bonds is 6. The van der Waals surface area contributed by atoms with Gasteiger partial charge in [-0.15, -0.1) is 0 Å². The first-order chi connectivity index (χ1) is 9.96. The van der Waals surface area contributed by atoms with Crippen molar-refractivity contribution in [2.24, 2.45) is 5.10 Å². The van der Waals surface area contributed by atoms with Crippen LogP contribution in [0.3, 0.4) is 0 Å². The van der Waals surface area contributed by atoms with Crippen molar-refractivity contribution in [1.82, 2.24) is 5.43 Å². The molecule has 0 fully saturated rings. The Balaban J connectivity index is 2.74. The number of anilines is 1. The third kappa shape index (κ3) is 5.52. The third-order valence-electron chi connectivity index (χ3n) is 2.50. The van der Waals surface area contributed by atoms with Crippen LogP contribution in [0.25, 0.3) is 0 Å². The summed E-state index contributed by atoms with van der Waals surface area (Å²) < 4.78 is 10.3. The molecule has 7 heteroatoms. The molecule has 21 heavy (non-hydrogen) atoms. The number of methoxy groups -OCH3 is 2. The number of hydrogen-bond donors (Lipinski definition) is 2. The van der Waals surface area contributed by atoms with Crippen molar-refractivity contribution in [3.8, 4) is 11.5 Å². The molecule has 0 saturated heterocycles. The second-order valence-electron chi connectivity index (χ2n) is 4.31. The number of amides is 2. The predicted molar refractivity (Wildman–Crippen MR) is 79.7 cm³/mol. The second-order valence-corrected chi connectivity index (χ2v) is 4.31. The zero-order valence-electron chi connectivity index (χ0n) is 12.5. The molecule has 2 amide bonds. The lowest BCUT2D eigenvalue weighted by atomic mass is 10.2. The summed E-state index contributed by atoms with van der Waals surface area (Å²) in [6, 6.07) is 5.10. The van der Waals surface area contributed by atoms with Gasteiger partial charge >= 0.3 is 0 Å². The molecule has 0 aliphatic rings. The van der Waals surface area contributed by atoms with Crippen molar-refractivity contribution in [3.63, 3.8) is 0 Å². The minimum atomic E-state index is -0.288. The molecule has 0 aromatic heterocycles. The van der Waals surface area contributed by atoms with Gasteiger partial charge in [0.1, 0.15) is 11.5 Å². The van der Waals surface area contributed by atoms with Crippen molar-refractivity contribution in [2.75, 3.05) is 19.5 Å². The highest BCUT2D eigenvalue weighted by Gasteiger charge is 2.10. The standard InChI is InChI=1S/C14H19N3O4/c1-9(16-17-10(2)18)7-14(19)15-12-8-11(20-3)5-6-13(12)21-4/h5-6,8H,7H2,1-4H3,(H,15,19)(H,17,18)/b16-9+. The molecule has 0 aliphatic heterocycles. The molecule has 0 saturated carbocycles. The van der Waals surface area contributed by atoms with E-state index in [1.165, 1.54) is 21.1 Å². The molecule has 0 bridgehead atoms. The van der Waals surface area contributed by atoms with Gasteiger partial charge < -0.3 is 14.8 Å². The van der Waals surface area contributed by atoms with Crippen LogP contribution in [0.1, 0.15) is 20.3 Å².